The van der Waals surface area contributed by atoms with Crippen molar-refractivity contribution in [1.82, 2.24) is 14.7 Å². The highest BCUT2D eigenvalue weighted by atomic mass is 19.4. The van der Waals surface area contributed by atoms with Crippen LogP contribution in [0, 0.1) is 0 Å². The Morgan fingerprint density at radius 1 is 1.41 bits per heavy atom. The smallest absolute Gasteiger partial charge is 0.393 e. The largest absolute Gasteiger partial charge is 0.435 e. The molecule has 1 aromatic heterocycles. The van der Waals surface area contributed by atoms with Gasteiger partial charge in [-0.1, -0.05) is 0 Å². The van der Waals surface area contributed by atoms with Gasteiger partial charge in [0, 0.05) is 26.2 Å². The average Bonchev–Trinajstić information content (AvgIpc) is 2.72. The molecule has 124 valence electrons. The van der Waals surface area contributed by atoms with E-state index in [1.165, 1.54) is 11.9 Å². The molecule has 2 heterocycles. The van der Waals surface area contributed by atoms with Gasteiger partial charge in [0.15, 0.2) is 5.69 Å². The Hall–Kier alpha value is -1.61. The van der Waals surface area contributed by atoms with Gasteiger partial charge in [-0.3, -0.25) is 9.48 Å². The first-order chi connectivity index (χ1) is 10.2. The summed E-state index contributed by atoms with van der Waals surface area (Å²) in [7, 11) is 1.28. The van der Waals surface area contributed by atoms with Crippen molar-refractivity contribution in [2.45, 2.75) is 31.0 Å². The number of likely N-dealkylation sites (tertiary alicyclic amines) is 1. The van der Waals surface area contributed by atoms with Crippen molar-refractivity contribution in [3.63, 3.8) is 0 Å². The second kappa shape index (κ2) is 5.88. The molecule has 0 aromatic carbocycles. The molecule has 0 bridgehead atoms. The van der Waals surface area contributed by atoms with E-state index in [9.17, 15) is 23.1 Å². The molecule has 1 aliphatic heterocycles. The molecule has 6 nitrogen and oxygen atoms in total. The third-order valence-corrected chi connectivity index (χ3v) is 3.89. The molecule has 1 aliphatic rings. The second-order valence-electron chi connectivity index (χ2n) is 5.56. The first-order valence-corrected chi connectivity index (χ1v) is 6.90. The number of rotatable bonds is 2. The Morgan fingerprint density at radius 3 is 2.64 bits per heavy atom. The fourth-order valence-electron chi connectivity index (χ4n) is 2.51. The summed E-state index contributed by atoms with van der Waals surface area (Å²) < 4.78 is 38.8. The number of hydrogen-bond acceptors (Lipinski definition) is 4. The highest BCUT2D eigenvalue weighted by Crippen LogP contribution is 2.29. The van der Waals surface area contributed by atoms with Gasteiger partial charge in [-0.05, 0) is 19.3 Å². The van der Waals surface area contributed by atoms with E-state index in [0.717, 1.165) is 10.7 Å². The second-order valence-corrected chi connectivity index (χ2v) is 5.56. The minimum Gasteiger partial charge on any atom is -0.393 e. The lowest BCUT2D eigenvalue weighted by molar-refractivity contribution is -0.141. The number of aromatic nitrogens is 2. The number of amides is 1. The summed E-state index contributed by atoms with van der Waals surface area (Å²) in [5.74, 6) is -0.562. The summed E-state index contributed by atoms with van der Waals surface area (Å²) in [5, 5.41) is 22.5. The zero-order chi connectivity index (χ0) is 16.5. The molecule has 2 rings (SSSR count). The number of aliphatic hydroxyl groups is 2. The van der Waals surface area contributed by atoms with E-state index >= 15 is 0 Å². The van der Waals surface area contributed by atoms with Crippen molar-refractivity contribution < 1.29 is 28.2 Å². The average molecular weight is 321 g/mol. The van der Waals surface area contributed by atoms with Gasteiger partial charge < -0.3 is 15.1 Å². The molecular weight excluding hydrogens is 303 g/mol. The number of hydrogen-bond donors (Lipinski definition) is 2. The first-order valence-electron chi connectivity index (χ1n) is 6.90. The summed E-state index contributed by atoms with van der Waals surface area (Å²) in [6, 6.07) is 0.728. The normalized spacial score (nSPS) is 23.5. The topological polar surface area (TPSA) is 78.6 Å². The fourth-order valence-corrected chi connectivity index (χ4v) is 2.51. The van der Waals surface area contributed by atoms with Gasteiger partial charge in [-0.15, -0.1) is 0 Å². The van der Waals surface area contributed by atoms with Gasteiger partial charge in [-0.2, -0.15) is 18.3 Å². The minimum absolute atomic E-state index is 0.151. The zero-order valence-corrected chi connectivity index (χ0v) is 12.1. The van der Waals surface area contributed by atoms with Crippen molar-refractivity contribution in [3.05, 3.63) is 17.5 Å². The molecule has 1 amide bonds. The molecule has 1 fully saturated rings. The van der Waals surface area contributed by atoms with Crippen LogP contribution in [0.1, 0.15) is 35.4 Å². The molecular formula is C13H18F3N3O3. The van der Waals surface area contributed by atoms with Crippen molar-refractivity contribution >= 4 is 5.91 Å². The Bertz CT molecular complexity index is 558. The molecule has 0 spiro atoms. The van der Waals surface area contributed by atoms with Crippen molar-refractivity contribution in [1.29, 1.82) is 0 Å². The van der Waals surface area contributed by atoms with Crippen LogP contribution < -0.4 is 0 Å². The molecule has 2 N–H and O–H groups in total. The molecule has 0 aliphatic carbocycles. The standard InChI is InChI=1S/C13H18F3N3O3/c1-18-9(7-10(17-18)13(14,15)16)11(21)19-5-2-3-12(22,8-20)4-6-19/h7,20,22H,2-6,8H2,1H3/t12-/m1/s1. The number of carbonyl (C=O) groups excluding carboxylic acids is 1. The van der Waals surface area contributed by atoms with Crippen LogP contribution in [0.4, 0.5) is 13.2 Å². The number of nitrogens with zero attached hydrogens (tertiary/aromatic N) is 3. The Morgan fingerprint density at radius 2 is 2.09 bits per heavy atom. The van der Waals surface area contributed by atoms with E-state index in [-0.39, 0.29) is 18.7 Å². The molecule has 9 heteroatoms. The van der Waals surface area contributed by atoms with Crippen molar-refractivity contribution in [2.75, 3.05) is 19.7 Å². The lowest BCUT2D eigenvalue weighted by Crippen LogP contribution is -2.37. The van der Waals surface area contributed by atoms with Crippen LogP contribution in [0.2, 0.25) is 0 Å². The maximum absolute atomic E-state index is 12.6. The number of halogens is 3. The van der Waals surface area contributed by atoms with Crippen molar-refractivity contribution in [2.24, 2.45) is 7.05 Å². The van der Waals surface area contributed by atoms with Crippen LogP contribution in [-0.2, 0) is 13.2 Å². The van der Waals surface area contributed by atoms with Gasteiger partial charge >= 0.3 is 6.18 Å². The zero-order valence-electron chi connectivity index (χ0n) is 12.1. The number of alkyl halides is 3. The maximum atomic E-state index is 12.6. The third kappa shape index (κ3) is 3.41. The monoisotopic (exact) mass is 321 g/mol. The maximum Gasteiger partial charge on any atom is 0.435 e. The van der Waals surface area contributed by atoms with E-state index in [2.05, 4.69) is 5.10 Å². The lowest BCUT2D eigenvalue weighted by atomic mass is 9.96. The fraction of sp³-hybridized carbons (Fsp3) is 0.692. The van der Waals surface area contributed by atoms with Gasteiger partial charge in [0.05, 0.1) is 12.2 Å². The molecule has 0 saturated carbocycles. The van der Waals surface area contributed by atoms with Crippen LogP contribution in [0.25, 0.3) is 0 Å². The van der Waals surface area contributed by atoms with E-state index in [1.807, 2.05) is 0 Å². The SMILES string of the molecule is Cn1nc(C(F)(F)F)cc1C(=O)N1CCC[C@](O)(CO)CC1. The lowest BCUT2D eigenvalue weighted by Gasteiger charge is -2.24. The summed E-state index contributed by atoms with van der Waals surface area (Å²) in [6.45, 7) is 0.0784. The van der Waals surface area contributed by atoms with Crippen LogP contribution in [0.3, 0.4) is 0 Å². The number of carbonyl (C=O) groups is 1. The number of aryl methyl sites for hydroxylation is 1. The van der Waals surface area contributed by atoms with E-state index < -0.39 is 30.0 Å². The Kier molecular flexibility index (Phi) is 4.48. The van der Waals surface area contributed by atoms with E-state index in [0.29, 0.717) is 19.4 Å². The Labute approximate surface area is 125 Å². The highest BCUT2D eigenvalue weighted by Gasteiger charge is 2.37. The molecule has 0 radical (unpaired) electrons. The summed E-state index contributed by atoms with van der Waals surface area (Å²) in [4.78, 5) is 13.7. The van der Waals surface area contributed by atoms with E-state index in [1.54, 1.807) is 0 Å². The Balaban J connectivity index is 2.17. The van der Waals surface area contributed by atoms with Crippen molar-refractivity contribution in [3.8, 4) is 0 Å². The van der Waals surface area contributed by atoms with Gasteiger partial charge in [0.2, 0.25) is 0 Å². The predicted octanol–water partition coefficient (Wildman–Crippen LogP) is 0.788. The van der Waals surface area contributed by atoms with Crippen LogP contribution in [0.5, 0.6) is 0 Å². The quantitative estimate of drug-likeness (QED) is 0.844. The molecule has 0 unspecified atom stereocenters. The minimum atomic E-state index is -4.60. The van der Waals surface area contributed by atoms with Crippen LogP contribution >= 0.6 is 0 Å². The molecule has 1 atom stereocenters. The van der Waals surface area contributed by atoms with Gasteiger partial charge in [-0.25, -0.2) is 0 Å². The first kappa shape index (κ1) is 16.8. The summed E-state index contributed by atoms with van der Waals surface area (Å²) in [6.07, 6.45) is -3.62. The highest BCUT2D eigenvalue weighted by molar-refractivity contribution is 5.92. The van der Waals surface area contributed by atoms with Gasteiger partial charge in [0.1, 0.15) is 5.69 Å². The summed E-state index contributed by atoms with van der Waals surface area (Å²) >= 11 is 0. The van der Waals surface area contributed by atoms with Gasteiger partial charge in [0.25, 0.3) is 5.91 Å². The molecule has 22 heavy (non-hydrogen) atoms. The molecule has 1 aromatic rings. The number of aliphatic hydroxyl groups excluding tert-OH is 1. The van der Waals surface area contributed by atoms with Crippen LogP contribution in [0.15, 0.2) is 6.07 Å². The van der Waals surface area contributed by atoms with Crippen LogP contribution in [-0.4, -0.2) is 56.1 Å². The van der Waals surface area contributed by atoms with E-state index in [4.69, 9.17) is 5.11 Å². The predicted molar refractivity (Wildman–Crippen MR) is 70.0 cm³/mol. The summed E-state index contributed by atoms with van der Waals surface area (Å²) in [5.41, 5.74) is -2.50. The molecule has 1 saturated heterocycles. The third-order valence-electron chi connectivity index (χ3n) is 3.89.